The summed E-state index contributed by atoms with van der Waals surface area (Å²) in [6.07, 6.45) is 0. The van der Waals surface area contributed by atoms with Gasteiger partial charge in [0.25, 0.3) is 5.91 Å². The summed E-state index contributed by atoms with van der Waals surface area (Å²) in [7, 11) is 1.28. The van der Waals surface area contributed by atoms with Crippen LogP contribution in [-0.2, 0) is 9.53 Å². The Labute approximate surface area is 93.1 Å². The van der Waals surface area contributed by atoms with Crippen molar-refractivity contribution in [2.24, 2.45) is 5.73 Å². The summed E-state index contributed by atoms with van der Waals surface area (Å²) in [6.45, 7) is 1.58. The van der Waals surface area contributed by atoms with Crippen LogP contribution in [0, 0.1) is 6.92 Å². The number of rotatable bonds is 4. The van der Waals surface area contributed by atoms with Crippen molar-refractivity contribution in [3.63, 3.8) is 0 Å². The minimum atomic E-state index is -0.600. The first-order chi connectivity index (χ1) is 7.54. The second-order valence-corrected chi connectivity index (χ2v) is 3.25. The van der Waals surface area contributed by atoms with Gasteiger partial charge in [0.15, 0.2) is 6.61 Å². The van der Waals surface area contributed by atoms with Crippen molar-refractivity contribution in [2.75, 3.05) is 13.7 Å². The highest BCUT2D eigenvalue weighted by Crippen LogP contribution is 2.21. The van der Waals surface area contributed by atoms with E-state index in [1.54, 1.807) is 18.2 Å². The number of aryl methyl sites for hydroxylation is 1. The van der Waals surface area contributed by atoms with E-state index in [9.17, 15) is 9.59 Å². The number of hydrogen-bond acceptors (Lipinski definition) is 4. The average molecular weight is 223 g/mol. The predicted octanol–water partition coefficient (Wildman–Crippen LogP) is 0.646. The van der Waals surface area contributed by atoms with Gasteiger partial charge in [0.1, 0.15) is 11.3 Å². The third-order valence-electron chi connectivity index (χ3n) is 1.91. The van der Waals surface area contributed by atoms with Gasteiger partial charge in [0.2, 0.25) is 0 Å². The Bertz CT molecular complexity index is 414. The first-order valence-corrected chi connectivity index (χ1v) is 4.64. The fraction of sp³-hybridized carbons (Fsp3) is 0.273. The Morgan fingerprint density at radius 2 is 2.06 bits per heavy atom. The van der Waals surface area contributed by atoms with Crippen molar-refractivity contribution in [2.45, 2.75) is 6.92 Å². The predicted molar refractivity (Wildman–Crippen MR) is 57.2 cm³/mol. The molecule has 1 rings (SSSR count). The number of esters is 1. The van der Waals surface area contributed by atoms with Crippen LogP contribution < -0.4 is 10.5 Å². The molecule has 0 fully saturated rings. The van der Waals surface area contributed by atoms with E-state index >= 15 is 0 Å². The van der Waals surface area contributed by atoms with Crippen molar-refractivity contribution >= 4 is 11.9 Å². The molecule has 0 unspecified atom stereocenters. The zero-order valence-electron chi connectivity index (χ0n) is 9.15. The van der Waals surface area contributed by atoms with E-state index in [0.29, 0.717) is 5.75 Å². The highest BCUT2D eigenvalue weighted by Gasteiger charge is 2.13. The minimum Gasteiger partial charge on any atom is -0.483 e. The second kappa shape index (κ2) is 5.16. The Morgan fingerprint density at radius 3 is 2.62 bits per heavy atom. The topological polar surface area (TPSA) is 78.6 Å². The number of nitrogens with two attached hydrogens (primary N) is 1. The smallest absolute Gasteiger partial charge is 0.341 e. The van der Waals surface area contributed by atoms with E-state index in [-0.39, 0.29) is 12.2 Å². The third kappa shape index (κ3) is 2.98. The molecule has 0 heterocycles. The maximum absolute atomic E-state index is 11.4. The molecule has 0 radical (unpaired) electrons. The lowest BCUT2D eigenvalue weighted by molar-refractivity contribution is -0.119. The molecule has 0 bridgehead atoms. The Morgan fingerprint density at radius 1 is 1.38 bits per heavy atom. The largest absolute Gasteiger partial charge is 0.483 e. The normalized spacial score (nSPS) is 9.62. The zero-order chi connectivity index (χ0) is 12.1. The van der Waals surface area contributed by atoms with E-state index in [1.165, 1.54) is 7.11 Å². The summed E-state index contributed by atoms with van der Waals surface area (Å²) in [4.78, 5) is 22.0. The first-order valence-electron chi connectivity index (χ1n) is 4.64. The molecule has 0 saturated heterocycles. The molecular weight excluding hydrogens is 210 g/mol. The summed E-state index contributed by atoms with van der Waals surface area (Å²) in [6, 6.07) is 4.98. The standard InChI is InChI=1S/C11H13NO4/c1-7-3-4-8(11(14)15-2)9(5-7)16-6-10(12)13/h3-5H,6H2,1-2H3,(H2,12,13). The molecule has 1 amide bonds. The van der Waals surface area contributed by atoms with Gasteiger partial charge in [-0.15, -0.1) is 0 Å². The molecule has 2 N–H and O–H groups in total. The molecular formula is C11H13NO4. The Kier molecular flexibility index (Phi) is 3.88. The van der Waals surface area contributed by atoms with Crippen molar-refractivity contribution < 1.29 is 19.1 Å². The van der Waals surface area contributed by atoms with Gasteiger partial charge in [-0.25, -0.2) is 4.79 Å². The monoisotopic (exact) mass is 223 g/mol. The van der Waals surface area contributed by atoms with E-state index in [1.807, 2.05) is 6.92 Å². The molecule has 0 aliphatic carbocycles. The first kappa shape index (κ1) is 12.0. The quantitative estimate of drug-likeness (QED) is 0.760. The molecule has 5 nitrogen and oxygen atoms in total. The van der Waals surface area contributed by atoms with E-state index in [0.717, 1.165) is 5.56 Å². The highest BCUT2D eigenvalue weighted by molar-refractivity contribution is 5.92. The van der Waals surface area contributed by atoms with Crippen molar-refractivity contribution in [3.05, 3.63) is 29.3 Å². The lowest BCUT2D eigenvalue weighted by atomic mass is 10.1. The van der Waals surface area contributed by atoms with Crippen LogP contribution in [0.5, 0.6) is 5.75 Å². The van der Waals surface area contributed by atoms with Crippen LogP contribution in [0.3, 0.4) is 0 Å². The summed E-state index contributed by atoms with van der Waals surface area (Å²) in [5.41, 5.74) is 6.14. The maximum Gasteiger partial charge on any atom is 0.341 e. The lowest BCUT2D eigenvalue weighted by Crippen LogP contribution is -2.21. The van der Waals surface area contributed by atoms with Gasteiger partial charge in [0.05, 0.1) is 7.11 Å². The fourth-order valence-electron chi connectivity index (χ4n) is 1.18. The summed E-state index contributed by atoms with van der Waals surface area (Å²) >= 11 is 0. The number of methoxy groups -OCH3 is 1. The van der Waals surface area contributed by atoms with E-state index < -0.39 is 11.9 Å². The van der Waals surface area contributed by atoms with E-state index in [4.69, 9.17) is 10.5 Å². The van der Waals surface area contributed by atoms with Crippen molar-refractivity contribution in [3.8, 4) is 5.75 Å². The van der Waals surface area contributed by atoms with E-state index in [2.05, 4.69) is 4.74 Å². The highest BCUT2D eigenvalue weighted by atomic mass is 16.5. The van der Waals surface area contributed by atoms with Gasteiger partial charge < -0.3 is 15.2 Å². The van der Waals surface area contributed by atoms with Crippen molar-refractivity contribution in [1.29, 1.82) is 0 Å². The Balaban J connectivity index is 2.98. The number of carbonyl (C=O) groups excluding carboxylic acids is 2. The van der Waals surface area contributed by atoms with Crippen LogP contribution in [0.25, 0.3) is 0 Å². The molecule has 0 aliphatic heterocycles. The van der Waals surface area contributed by atoms with Crippen LogP contribution in [0.15, 0.2) is 18.2 Å². The molecule has 0 aliphatic rings. The summed E-state index contributed by atoms with van der Waals surface area (Å²) in [5.74, 6) is -0.817. The zero-order valence-corrected chi connectivity index (χ0v) is 9.15. The van der Waals surface area contributed by atoms with Crippen LogP contribution in [0.1, 0.15) is 15.9 Å². The number of amides is 1. The van der Waals surface area contributed by atoms with Crippen LogP contribution in [0.4, 0.5) is 0 Å². The van der Waals surface area contributed by atoms with Crippen LogP contribution in [0.2, 0.25) is 0 Å². The van der Waals surface area contributed by atoms with Gasteiger partial charge >= 0.3 is 5.97 Å². The number of hydrogen-bond donors (Lipinski definition) is 1. The molecule has 16 heavy (non-hydrogen) atoms. The third-order valence-corrected chi connectivity index (χ3v) is 1.91. The van der Waals surface area contributed by atoms with Crippen LogP contribution >= 0.6 is 0 Å². The summed E-state index contributed by atoms with van der Waals surface area (Å²) < 4.78 is 9.72. The molecule has 0 atom stereocenters. The van der Waals surface area contributed by atoms with Crippen molar-refractivity contribution in [1.82, 2.24) is 0 Å². The summed E-state index contributed by atoms with van der Waals surface area (Å²) in [5, 5.41) is 0. The van der Waals surface area contributed by atoms with Gasteiger partial charge in [-0.1, -0.05) is 6.07 Å². The molecule has 0 aromatic heterocycles. The molecule has 0 spiro atoms. The average Bonchev–Trinajstić information content (AvgIpc) is 2.25. The van der Waals surface area contributed by atoms with Gasteiger partial charge in [-0.05, 0) is 24.6 Å². The van der Waals surface area contributed by atoms with Gasteiger partial charge in [0, 0.05) is 0 Å². The molecule has 1 aromatic carbocycles. The number of ether oxygens (including phenoxy) is 2. The molecule has 1 aromatic rings. The maximum atomic E-state index is 11.4. The second-order valence-electron chi connectivity index (χ2n) is 3.25. The molecule has 86 valence electrons. The SMILES string of the molecule is COC(=O)c1ccc(C)cc1OCC(N)=O. The minimum absolute atomic E-state index is 0.270. The van der Waals surface area contributed by atoms with Crippen LogP contribution in [-0.4, -0.2) is 25.6 Å². The Hall–Kier alpha value is -2.04. The number of benzene rings is 1. The number of primary amides is 1. The molecule has 0 saturated carbocycles. The number of carbonyl (C=O) groups is 2. The fourth-order valence-corrected chi connectivity index (χ4v) is 1.18. The van der Waals surface area contributed by atoms with Gasteiger partial charge in [-0.3, -0.25) is 4.79 Å². The van der Waals surface area contributed by atoms with Gasteiger partial charge in [-0.2, -0.15) is 0 Å². The molecule has 5 heteroatoms. The lowest BCUT2D eigenvalue weighted by Gasteiger charge is -2.09.